The molecule has 1 saturated heterocycles. The van der Waals surface area contributed by atoms with Crippen molar-refractivity contribution in [3.8, 4) is 5.75 Å². The van der Waals surface area contributed by atoms with Crippen LogP contribution in [0.4, 0.5) is 4.39 Å². The Hall–Kier alpha value is -1.67. The fraction of sp³-hybridized carbons (Fsp3) is 0.462. The van der Waals surface area contributed by atoms with Gasteiger partial charge in [0.1, 0.15) is 5.54 Å². The minimum absolute atomic E-state index is 0.0728. The van der Waals surface area contributed by atoms with E-state index in [1.807, 2.05) is 0 Å². The Kier molecular flexibility index (Phi) is 3.94. The number of carboxylic acid groups (broad SMARTS) is 1. The minimum atomic E-state index is -4.08. The fourth-order valence-corrected chi connectivity index (χ4v) is 4.29. The Bertz CT molecular complexity index is 675. The molecule has 1 heterocycles. The van der Waals surface area contributed by atoms with Gasteiger partial charge in [-0.15, -0.1) is 0 Å². The zero-order valence-corrected chi connectivity index (χ0v) is 12.5. The van der Waals surface area contributed by atoms with Crippen LogP contribution >= 0.6 is 0 Å². The normalized spacial score (nSPS) is 23.2. The van der Waals surface area contributed by atoms with Crippen molar-refractivity contribution in [1.29, 1.82) is 0 Å². The topological polar surface area (TPSA) is 83.9 Å². The first-order valence-electron chi connectivity index (χ1n) is 6.33. The summed E-state index contributed by atoms with van der Waals surface area (Å²) in [5, 5.41) is 9.29. The number of nitrogens with zero attached hydrogens (tertiary/aromatic N) is 1. The maximum Gasteiger partial charge on any atom is 0.324 e. The average Bonchev–Trinajstić information content (AvgIpc) is 2.83. The molecular weight excluding hydrogens is 301 g/mol. The molecule has 0 amide bonds. The number of benzene rings is 1. The summed E-state index contributed by atoms with van der Waals surface area (Å²) in [4.78, 5) is 11.1. The number of rotatable bonds is 4. The van der Waals surface area contributed by atoms with Gasteiger partial charge in [0.25, 0.3) is 0 Å². The smallest absolute Gasteiger partial charge is 0.324 e. The van der Waals surface area contributed by atoms with E-state index in [1.165, 1.54) is 26.2 Å². The molecule has 1 unspecified atom stereocenters. The number of ether oxygens (including phenoxy) is 1. The third kappa shape index (κ3) is 2.49. The number of aliphatic carboxylic acids is 1. The minimum Gasteiger partial charge on any atom is -0.494 e. The molecule has 1 aromatic rings. The predicted octanol–water partition coefficient (Wildman–Crippen LogP) is 1.46. The van der Waals surface area contributed by atoms with E-state index < -0.39 is 27.3 Å². The number of sulfonamides is 1. The van der Waals surface area contributed by atoms with Gasteiger partial charge in [0.15, 0.2) is 11.6 Å². The number of hydrogen-bond acceptors (Lipinski definition) is 4. The Morgan fingerprint density at radius 1 is 1.48 bits per heavy atom. The van der Waals surface area contributed by atoms with E-state index >= 15 is 0 Å². The quantitative estimate of drug-likeness (QED) is 0.909. The lowest BCUT2D eigenvalue weighted by Crippen LogP contribution is -2.50. The largest absolute Gasteiger partial charge is 0.494 e. The summed E-state index contributed by atoms with van der Waals surface area (Å²) in [5.41, 5.74) is -1.50. The number of carboxylic acids is 1. The highest BCUT2D eigenvalue weighted by atomic mass is 32.2. The van der Waals surface area contributed by atoms with E-state index in [4.69, 9.17) is 4.74 Å². The Morgan fingerprint density at radius 3 is 2.67 bits per heavy atom. The molecule has 0 aromatic heterocycles. The molecule has 116 valence electrons. The summed E-state index contributed by atoms with van der Waals surface area (Å²) in [6.07, 6.45) is 0.668. The second kappa shape index (κ2) is 5.27. The molecule has 0 saturated carbocycles. The van der Waals surface area contributed by atoms with E-state index in [2.05, 4.69) is 0 Å². The molecule has 1 N–H and O–H groups in total. The first-order valence-corrected chi connectivity index (χ1v) is 7.77. The van der Waals surface area contributed by atoms with Crippen molar-refractivity contribution >= 4 is 16.0 Å². The van der Waals surface area contributed by atoms with Gasteiger partial charge >= 0.3 is 5.97 Å². The zero-order valence-electron chi connectivity index (χ0n) is 11.7. The summed E-state index contributed by atoms with van der Waals surface area (Å²) in [6, 6.07) is 3.25. The van der Waals surface area contributed by atoms with Crippen molar-refractivity contribution in [2.75, 3.05) is 13.7 Å². The van der Waals surface area contributed by atoms with E-state index in [1.54, 1.807) is 0 Å². The van der Waals surface area contributed by atoms with Gasteiger partial charge in [0, 0.05) is 6.54 Å². The molecule has 6 nitrogen and oxygen atoms in total. The molecule has 1 aliphatic rings. The molecule has 0 bridgehead atoms. The van der Waals surface area contributed by atoms with Crippen LogP contribution in [-0.2, 0) is 14.8 Å². The number of carbonyl (C=O) groups is 1. The van der Waals surface area contributed by atoms with Gasteiger partial charge < -0.3 is 9.84 Å². The third-order valence-corrected chi connectivity index (χ3v) is 5.76. The molecule has 0 aliphatic carbocycles. The molecule has 0 radical (unpaired) electrons. The van der Waals surface area contributed by atoms with Gasteiger partial charge in [-0.05, 0) is 38.0 Å². The summed E-state index contributed by atoms with van der Waals surface area (Å²) in [7, 11) is -2.81. The van der Waals surface area contributed by atoms with Crippen molar-refractivity contribution < 1.29 is 27.4 Å². The predicted molar refractivity (Wildman–Crippen MR) is 72.1 cm³/mol. The highest BCUT2D eigenvalue weighted by molar-refractivity contribution is 7.89. The zero-order chi connectivity index (χ0) is 15.8. The SMILES string of the molecule is COc1ccc(S(=O)(=O)N2CCCC2(C)C(=O)O)cc1F. The molecule has 1 atom stereocenters. The molecule has 8 heteroatoms. The van der Waals surface area contributed by atoms with Gasteiger partial charge in [0.05, 0.1) is 12.0 Å². The van der Waals surface area contributed by atoms with Gasteiger partial charge in [-0.2, -0.15) is 4.31 Å². The summed E-state index contributed by atoms with van der Waals surface area (Å²) in [5.74, 6) is -2.09. The molecule has 1 fully saturated rings. The first-order chi connectivity index (χ1) is 9.73. The van der Waals surface area contributed by atoms with Crippen LogP contribution in [0.15, 0.2) is 23.1 Å². The molecule has 2 rings (SSSR count). The lowest BCUT2D eigenvalue weighted by molar-refractivity contribution is -0.146. The highest BCUT2D eigenvalue weighted by Crippen LogP contribution is 2.35. The second-order valence-corrected chi connectivity index (χ2v) is 6.92. The van der Waals surface area contributed by atoms with Gasteiger partial charge in [0.2, 0.25) is 10.0 Å². The third-order valence-electron chi connectivity index (χ3n) is 3.75. The molecule has 0 spiro atoms. The highest BCUT2D eigenvalue weighted by Gasteiger charge is 2.49. The summed E-state index contributed by atoms with van der Waals surface area (Å²) >= 11 is 0. The Balaban J connectivity index is 2.47. The summed E-state index contributed by atoms with van der Waals surface area (Å²) < 4.78 is 44.5. The standard InChI is InChI=1S/C13H16FNO5S/c1-13(12(16)17)6-3-7-15(13)21(18,19)9-4-5-11(20-2)10(14)8-9/h4-5,8H,3,6-7H2,1-2H3,(H,16,17). The van der Waals surface area contributed by atoms with Crippen LogP contribution in [-0.4, -0.2) is 43.0 Å². The fourth-order valence-electron chi connectivity index (χ4n) is 2.47. The molecular formula is C13H16FNO5S. The van der Waals surface area contributed by atoms with Gasteiger partial charge in [-0.25, -0.2) is 12.8 Å². The number of methoxy groups -OCH3 is 1. The van der Waals surface area contributed by atoms with Crippen LogP contribution < -0.4 is 4.74 Å². The lowest BCUT2D eigenvalue weighted by Gasteiger charge is -2.30. The van der Waals surface area contributed by atoms with Crippen LogP contribution in [0, 0.1) is 5.82 Å². The number of halogens is 1. The molecule has 1 aliphatic heterocycles. The first kappa shape index (κ1) is 15.7. The average molecular weight is 317 g/mol. The van der Waals surface area contributed by atoms with Crippen LogP contribution in [0.3, 0.4) is 0 Å². The number of hydrogen-bond donors (Lipinski definition) is 1. The van der Waals surface area contributed by atoms with Crippen molar-refractivity contribution in [1.82, 2.24) is 4.31 Å². The van der Waals surface area contributed by atoms with Crippen LogP contribution in [0.5, 0.6) is 5.75 Å². The van der Waals surface area contributed by atoms with E-state index in [0.29, 0.717) is 6.42 Å². The van der Waals surface area contributed by atoms with E-state index in [9.17, 15) is 22.7 Å². The molecule has 1 aromatic carbocycles. The maximum atomic E-state index is 13.7. The Labute approximate surface area is 122 Å². The molecule has 21 heavy (non-hydrogen) atoms. The van der Waals surface area contributed by atoms with Crippen molar-refractivity contribution in [3.63, 3.8) is 0 Å². The van der Waals surface area contributed by atoms with Crippen LogP contribution in [0.1, 0.15) is 19.8 Å². The van der Waals surface area contributed by atoms with Gasteiger partial charge in [-0.1, -0.05) is 0 Å². The second-order valence-electron chi connectivity index (χ2n) is 5.06. The van der Waals surface area contributed by atoms with E-state index in [-0.39, 0.29) is 23.6 Å². The van der Waals surface area contributed by atoms with Crippen LogP contribution in [0.2, 0.25) is 0 Å². The van der Waals surface area contributed by atoms with E-state index in [0.717, 1.165) is 10.4 Å². The van der Waals surface area contributed by atoms with Crippen molar-refractivity contribution in [2.24, 2.45) is 0 Å². The van der Waals surface area contributed by atoms with Crippen molar-refractivity contribution in [3.05, 3.63) is 24.0 Å². The maximum absolute atomic E-state index is 13.7. The monoisotopic (exact) mass is 317 g/mol. The van der Waals surface area contributed by atoms with Crippen LogP contribution in [0.25, 0.3) is 0 Å². The summed E-state index contributed by atoms with van der Waals surface area (Å²) in [6.45, 7) is 1.46. The van der Waals surface area contributed by atoms with Gasteiger partial charge in [-0.3, -0.25) is 4.79 Å². The Morgan fingerprint density at radius 2 is 2.14 bits per heavy atom. The van der Waals surface area contributed by atoms with Crippen molar-refractivity contribution in [2.45, 2.75) is 30.2 Å². The lowest BCUT2D eigenvalue weighted by atomic mass is 10.0.